The molecule has 0 aliphatic carbocycles. The van der Waals surface area contributed by atoms with Crippen LogP contribution in [0.3, 0.4) is 0 Å². The topological polar surface area (TPSA) is 105 Å². The quantitative estimate of drug-likeness (QED) is 0.513. The molecule has 0 saturated carbocycles. The lowest BCUT2D eigenvalue weighted by atomic mass is 10.1. The third-order valence-corrected chi connectivity index (χ3v) is 5.81. The molecule has 5 rings (SSSR count). The monoisotopic (exact) mass is 432 g/mol. The average Bonchev–Trinajstić information content (AvgIpc) is 3.35. The van der Waals surface area contributed by atoms with Crippen molar-refractivity contribution in [1.29, 1.82) is 0 Å². The van der Waals surface area contributed by atoms with Crippen molar-refractivity contribution in [2.75, 3.05) is 38.7 Å². The third-order valence-electron chi connectivity index (χ3n) is 5.81. The SMILES string of the molecule is CC1COC(CN(C)C)CN1c1ccc2nc(-c3nn(C(N)=O)c4[c]cccc34)[nH]c2c1. The zero-order chi connectivity index (χ0) is 22.4. The number of carbonyl (C=O) groups is 1. The number of primary amides is 1. The van der Waals surface area contributed by atoms with Crippen molar-refractivity contribution >= 4 is 33.7 Å². The van der Waals surface area contributed by atoms with E-state index >= 15 is 0 Å². The fourth-order valence-electron chi connectivity index (χ4n) is 4.32. The minimum absolute atomic E-state index is 0.162. The molecule has 1 fully saturated rings. The first-order valence-electron chi connectivity index (χ1n) is 10.6. The van der Waals surface area contributed by atoms with Gasteiger partial charge in [0.2, 0.25) is 0 Å². The number of benzene rings is 2. The van der Waals surface area contributed by atoms with Crippen LogP contribution in [0.15, 0.2) is 36.4 Å². The fraction of sp³-hybridized carbons (Fsp3) is 0.348. The Morgan fingerprint density at radius 1 is 1.38 bits per heavy atom. The standard InChI is InChI=1S/C23H26N7O2/c1-14-13-32-16(11-28(2)3)12-29(14)15-8-9-18-19(10-15)26-22(25-18)21-17-6-4-5-7-20(17)30(27-21)23(24)31/h4-6,8-10,14,16H,11-13H2,1-3H3,(H2,24,31)(H,25,26). The van der Waals surface area contributed by atoms with Crippen molar-refractivity contribution in [3.05, 3.63) is 42.5 Å². The number of carbonyl (C=O) groups excluding carboxylic acids is 1. The molecule has 165 valence electrons. The van der Waals surface area contributed by atoms with E-state index in [4.69, 9.17) is 15.5 Å². The number of nitrogens with one attached hydrogen (secondary N) is 1. The normalized spacial score (nSPS) is 19.3. The van der Waals surface area contributed by atoms with Gasteiger partial charge in [-0.3, -0.25) is 0 Å². The van der Waals surface area contributed by atoms with E-state index in [-0.39, 0.29) is 12.1 Å². The van der Waals surface area contributed by atoms with Gasteiger partial charge in [-0.1, -0.05) is 18.2 Å². The second kappa shape index (κ2) is 7.92. The lowest BCUT2D eigenvalue weighted by Gasteiger charge is -2.40. The van der Waals surface area contributed by atoms with Gasteiger partial charge in [0.15, 0.2) is 5.82 Å². The summed E-state index contributed by atoms with van der Waals surface area (Å²) in [5.74, 6) is 0.585. The zero-order valence-corrected chi connectivity index (χ0v) is 18.4. The Labute approximate surface area is 185 Å². The Kier molecular flexibility index (Phi) is 5.07. The minimum atomic E-state index is -0.657. The highest BCUT2D eigenvalue weighted by Gasteiger charge is 2.27. The molecular formula is C23H26N7O2. The zero-order valence-electron chi connectivity index (χ0n) is 18.4. The number of imidazole rings is 1. The number of anilines is 1. The first kappa shape index (κ1) is 20.5. The summed E-state index contributed by atoms with van der Waals surface area (Å²) in [7, 11) is 4.12. The van der Waals surface area contributed by atoms with Gasteiger partial charge >= 0.3 is 6.03 Å². The largest absolute Gasteiger partial charge is 0.373 e. The van der Waals surface area contributed by atoms with E-state index in [1.165, 1.54) is 0 Å². The van der Waals surface area contributed by atoms with Crippen molar-refractivity contribution in [2.45, 2.75) is 19.1 Å². The van der Waals surface area contributed by atoms with Crippen LogP contribution in [-0.2, 0) is 4.74 Å². The molecule has 4 aromatic rings. The molecule has 2 atom stereocenters. The molecular weight excluding hydrogens is 406 g/mol. The van der Waals surface area contributed by atoms with Crippen LogP contribution in [0.4, 0.5) is 10.5 Å². The predicted molar refractivity (Wildman–Crippen MR) is 124 cm³/mol. The number of ether oxygens (including phenoxy) is 1. The number of likely N-dealkylation sites (N-methyl/N-ethyl adjacent to an activating group) is 1. The number of amides is 1. The van der Waals surface area contributed by atoms with Gasteiger partial charge in [-0.05, 0) is 39.2 Å². The predicted octanol–water partition coefficient (Wildman–Crippen LogP) is 2.46. The van der Waals surface area contributed by atoms with E-state index in [1.807, 2.05) is 18.2 Å². The molecule has 3 N–H and O–H groups in total. The summed E-state index contributed by atoms with van der Waals surface area (Å²) in [5.41, 5.74) is 9.45. The summed E-state index contributed by atoms with van der Waals surface area (Å²) >= 11 is 0. The fourth-order valence-corrected chi connectivity index (χ4v) is 4.32. The highest BCUT2D eigenvalue weighted by atomic mass is 16.5. The molecule has 1 aliphatic rings. The van der Waals surface area contributed by atoms with Crippen LogP contribution in [0.5, 0.6) is 0 Å². The van der Waals surface area contributed by atoms with Crippen LogP contribution in [0, 0.1) is 6.07 Å². The van der Waals surface area contributed by atoms with Crippen LogP contribution in [0.1, 0.15) is 6.92 Å². The second-order valence-corrected chi connectivity index (χ2v) is 8.54. The minimum Gasteiger partial charge on any atom is -0.373 e. The number of para-hydroxylation sites is 1. The van der Waals surface area contributed by atoms with E-state index in [0.717, 1.165) is 39.9 Å². The number of hydrogen-bond acceptors (Lipinski definition) is 6. The first-order chi connectivity index (χ1) is 15.4. The average molecular weight is 433 g/mol. The van der Waals surface area contributed by atoms with Crippen molar-refractivity contribution in [1.82, 2.24) is 24.6 Å². The molecule has 1 aliphatic heterocycles. The summed E-state index contributed by atoms with van der Waals surface area (Å²) in [4.78, 5) is 24.4. The van der Waals surface area contributed by atoms with Crippen LogP contribution < -0.4 is 10.6 Å². The van der Waals surface area contributed by atoms with Crippen LogP contribution in [0.25, 0.3) is 33.5 Å². The smallest absolute Gasteiger partial charge is 0.340 e. The molecule has 9 nitrogen and oxygen atoms in total. The summed E-state index contributed by atoms with van der Waals surface area (Å²) < 4.78 is 7.17. The van der Waals surface area contributed by atoms with Crippen molar-refractivity contribution in [2.24, 2.45) is 5.73 Å². The van der Waals surface area contributed by atoms with Gasteiger partial charge in [-0.25, -0.2) is 9.78 Å². The van der Waals surface area contributed by atoms with Gasteiger partial charge in [0, 0.05) is 36.3 Å². The maximum atomic E-state index is 11.8. The molecule has 0 spiro atoms. The van der Waals surface area contributed by atoms with E-state index in [0.29, 0.717) is 23.6 Å². The lowest BCUT2D eigenvalue weighted by Crippen LogP contribution is -2.51. The summed E-state index contributed by atoms with van der Waals surface area (Å²) in [6.45, 7) is 4.58. The van der Waals surface area contributed by atoms with Crippen LogP contribution >= 0.6 is 0 Å². The molecule has 9 heteroatoms. The molecule has 2 unspecified atom stereocenters. The van der Waals surface area contributed by atoms with Gasteiger partial charge in [-0.15, -0.1) is 0 Å². The van der Waals surface area contributed by atoms with Crippen molar-refractivity contribution in [3.63, 3.8) is 0 Å². The number of nitrogens with two attached hydrogens (primary N) is 1. The van der Waals surface area contributed by atoms with Crippen LogP contribution in [-0.4, -0.2) is 76.6 Å². The second-order valence-electron chi connectivity index (χ2n) is 8.54. The third kappa shape index (κ3) is 3.59. The van der Waals surface area contributed by atoms with Gasteiger partial charge in [0.25, 0.3) is 0 Å². The van der Waals surface area contributed by atoms with Gasteiger partial charge in [0.1, 0.15) is 5.69 Å². The molecule has 1 saturated heterocycles. The van der Waals surface area contributed by atoms with Crippen LogP contribution in [0.2, 0.25) is 0 Å². The van der Waals surface area contributed by atoms with Gasteiger partial charge < -0.3 is 25.3 Å². The van der Waals surface area contributed by atoms with Crippen molar-refractivity contribution in [3.8, 4) is 11.5 Å². The summed E-state index contributed by atoms with van der Waals surface area (Å²) in [6.07, 6.45) is 0.162. The Bertz CT molecular complexity index is 1290. The molecule has 32 heavy (non-hydrogen) atoms. The number of fused-ring (bicyclic) bond motifs is 2. The molecule has 3 heterocycles. The highest BCUT2D eigenvalue weighted by Crippen LogP contribution is 2.30. The van der Waals surface area contributed by atoms with E-state index in [9.17, 15) is 4.79 Å². The number of H-pyrrole nitrogens is 1. The summed E-state index contributed by atoms with van der Waals surface area (Å²) in [6, 6.07) is 14.3. The number of aromatic amines is 1. The van der Waals surface area contributed by atoms with Crippen molar-refractivity contribution < 1.29 is 9.53 Å². The maximum Gasteiger partial charge on any atom is 0.340 e. The Balaban J connectivity index is 1.51. The number of rotatable bonds is 4. The molecule has 2 aromatic heterocycles. The van der Waals surface area contributed by atoms with E-state index < -0.39 is 6.03 Å². The van der Waals surface area contributed by atoms with Gasteiger partial charge in [0.05, 0.1) is 29.3 Å². The Morgan fingerprint density at radius 2 is 2.22 bits per heavy atom. The number of nitrogens with zero attached hydrogens (tertiary/aromatic N) is 5. The Hall–Kier alpha value is -3.43. The molecule has 1 radical (unpaired) electrons. The number of hydrogen-bond donors (Lipinski definition) is 2. The number of aromatic nitrogens is 4. The van der Waals surface area contributed by atoms with E-state index in [2.05, 4.69) is 59.1 Å². The highest BCUT2D eigenvalue weighted by molar-refractivity contribution is 5.98. The summed E-state index contributed by atoms with van der Waals surface area (Å²) in [5, 5.41) is 5.16. The first-order valence-corrected chi connectivity index (χ1v) is 10.6. The Morgan fingerprint density at radius 3 is 3.00 bits per heavy atom. The van der Waals surface area contributed by atoms with E-state index in [1.54, 1.807) is 6.07 Å². The number of morpholine rings is 1. The molecule has 0 bridgehead atoms. The maximum absolute atomic E-state index is 11.8. The molecule has 2 aromatic carbocycles. The van der Waals surface area contributed by atoms with Gasteiger partial charge in [-0.2, -0.15) is 9.78 Å². The lowest BCUT2D eigenvalue weighted by molar-refractivity contribution is 0.00880. The molecule has 1 amide bonds.